The summed E-state index contributed by atoms with van der Waals surface area (Å²) in [6.07, 6.45) is 0. The first-order chi connectivity index (χ1) is 6.60. The van der Waals surface area contributed by atoms with Crippen LogP contribution in [0.15, 0.2) is 12.1 Å². The molecule has 74 valence electrons. The van der Waals surface area contributed by atoms with Crippen LogP contribution >= 0.6 is 23.0 Å². The van der Waals surface area contributed by atoms with Gasteiger partial charge in [-0.3, -0.25) is 0 Å². The van der Waals surface area contributed by atoms with Gasteiger partial charge in [0.1, 0.15) is 11.9 Å². The number of hydrogen-bond acceptors (Lipinski definition) is 2. The van der Waals surface area contributed by atoms with Gasteiger partial charge in [-0.2, -0.15) is 5.26 Å². The minimum absolute atomic E-state index is 0.127. The molecule has 0 aromatic heterocycles. The molecule has 0 aliphatic carbocycles. The van der Waals surface area contributed by atoms with E-state index in [1.807, 2.05) is 19.9 Å². The van der Waals surface area contributed by atoms with Gasteiger partial charge in [0.15, 0.2) is 28.8 Å². The fraction of sp³-hybridized carbons (Fsp3) is 0.300. The van der Waals surface area contributed by atoms with Crippen molar-refractivity contribution in [3.63, 3.8) is 0 Å². The molecule has 0 fully saturated rings. The molecule has 0 N–H and O–H groups in total. The standard InChI is InChI=1S/C10H9FINO/c1-6(2)9-4-8(11)3-7(5-13)10(9)14-12/h3-4,6H,1-2H3. The SMILES string of the molecule is CC(C)c1cc(F)cc(C#N)c1OI. The zero-order valence-corrected chi connectivity index (χ0v) is 10.0. The van der Waals surface area contributed by atoms with Gasteiger partial charge in [0.05, 0.1) is 5.56 Å². The predicted molar refractivity (Wildman–Crippen MR) is 59.9 cm³/mol. The van der Waals surface area contributed by atoms with E-state index in [1.54, 1.807) is 23.0 Å². The van der Waals surface area contributed by atoms with E-state index in [0.29, 0.717) is 5.75 Å². The molecule has 14 heavy (non-hydrogen) atoms. The predicted octanol–water partition coefficient (Wildman–Crippen LogP) is 3.55. The highest BCUT2D eigenvalue weighted by Crippen LogP contribution is 2.32. The first-order valence-electron chi connectivity index (χ1n) is 4.12. The van der Waals surface area contributed by atoms with Crippen molar-refractivity contribution in [1.29, 1.82) is 5.26 Å². The molecule has 0 saturated carbocycles. The molecule has 0 aliphatic heterocycles. The Bertz CT molecular complexity index is 384. The number of halogens is 2. The second-order valence-corrected chi connectivity index (χ2v) is 3.66. The van der Waals surface area contributed by atoms with E-state index in [-0.39, 0.29) is 11.5 Å². The van der Waals surface area contributed by atoms with E-state index in [0.717, 1.165) is 5.56 Å². The number of benzene rings is 1. The van der Waals surface area contributed by atoms with Crippen LogP contribution in [0.2, 0.25) is 0 Å². The topological polar surface area (TPSA) is 33.0 Å². The fourth-order valence-electron chi connectivity index (χ4n) is 1.21. The summed E-state index contributed by atoms with van der Waals surface area (Å²) in [5, 5.41) is 8.78. The van der Waals surface area contributed by atoms with Gasteiger partial charge in [-0.15, -0.1) is 0 Å². The number of hydrogen-bond donors (Lipinski definition) is 0. The maximum atomic E-state index is 13.1. The lowest BCUT2D eigenvalue weighted by atomic mass is 9.99. The lowest BCUT2D eigenvalue weighted by Crippen LogP contribution is -1.95. The van der Waals surface area contributed by atoms with Crippen LogP contribution in [0.4, 0.5) is 4.39 Å². The van der Waals surface area contributed by atoms with Gasteiger partial charge in [0, 0.05) is 5.56 Å². The van der Waals surface area contributed by atoms with E-state index in [2.05, 4.69) is 0 Å². The molecular formula is C10H9FINO. The van der Waals surface area contributed by atoms with E-state index in [4.69, 9.17) is 8.33 Å². The molecule has 0 spiro atoms. The summed E-state index contributed by atoms with van der Waals surface area (Å²) in [5.74, 6) is 0.189. The number of rotatable bonds is 2. The van der Waals surface area contributed by atoms with Crippen molar-refractivity contribution in [2.24, 2.45) is 0 Å². The van der Waals surface area contributed by atoms with Gasteiger partial charge >= 0.3 is 0 Å². The summed E-state index contributed by atoms with van der Waals surface area (Å²) in [7, 11) is 0. The Kier molecular flexibility index (Phi) is 3.69. The van der Waals surface area contributed by atoms with Crippen LogP contribution in [0.3, 0.4) is 0 Å². The van der Waals surface area contributed by atoms with Crippen molar-refractivity contribution >= 4 is 23.0 Å². The van der Waals surface area contributed by atoms with Crippen molar-refractivity contribution < 1.29 is 7.46 Å². The van der Waals surface area contributed by atoms with Crippen LogP contribution in [-0.4, -0.2) is 0 Å². The molecule has 1 rings (SSSR count). The van der Waals surface area contributed by atoms with Crippen LogP contribution < -0.4 is 3.07 Å². The lowest BCUT2D eigenvalue weighted by molar-refractivity contribution is 0.611. The number of nitrogens with zero attached hydrogens (tertiary/aromatic N) is 1. The van der Waals surface area contributed by atoms with Crippen LogP contribution in [0.25, 0.3) is 0 Å². The number of nitriles is 1. The molecule has 1 aromatic carbocycles. The Morgan fingerprint density at radius 2 is 2.14 bits per heavy atom. The van der Waals surface area contributed by atoms with Crippen molar-refractivity contribution in [3.05, 3.63) is 29.1 Å². The maximum absolute atomic E-state index is 13.1. The first kappa shape index (κ1) is 11.2. The van der Waals surface area contributed by atoms with E-state index in [9.17, 15) is 4.39 Å². The largest absolute Gasteiger partial charge is 0.426 e. The normalized spacial score (nSPS) is 10.0. The monoisotopic (exact) mass is 305 g/mol. The van der Waals surface area contributed by atoms with Gasteiger partial charge in [0.25, 0.3) is 0 Å². The molecule has 4 heteroatoms. The van der Waals surface area contributed by atoms with Crippen LogP contribution in [-0.2, 0) is 0 Å². The highest BCUT2D eigenvalue weighted by atomic mass is 127. The summed E-state index contributed by atoms with van der Waals surface area (Å²) in [6.45, 7) is 3.85. The Hall–Kier alpha value is -0.830. The zero-order valence-electron chi connectivity index (χ0n) is 7.84. The third-order valence-electron chi connectivity index (χ3n) is 1.90. The van der Waals surface area contributed by atoms with Crippen LogP contribution in [0.1, 0.15) is 30.9 Å². The van der Waals surface area contributed by atoms with Gasteiger partial charge < -0.3 is 3.07 Å². The summed E-state index contributed by atoms with van der Waals surface area (Å²) in [5.41, 5.74) is 0.957. The lowest BCUT2D eigenvalue weighted by Gasteiger charge is -2.11. The highest BCUT2D eigenvalue weighted by Gasteiger charge is 2.14. The van der Waals surface area contributed by atoms with Crippen molar-refractivity contribution in [1.82, 2.24) is 0 Å². The summed E-state index contributed by atoms with van der Waals surface area (Å²) in [4.78, 5) is 0. The molecular weight excluding hydrogens is 296 g/mol. The van der Waals surface area contributed by atoms with Gasteiger partial charge in [-0.25, -0.2) is 4.39 Å². The Morgan fingerprint density at radius 1 is 1.50 bits per heavy atom. The molecule has 0 unspecified atom stereocenters. The van der Waals surface area contributed by atoms with E-state index >= 15 is 0 Å². The fourth-order valence-corrected chi connectivity index (χ4v) is 1.70. The Balaban J connectivity index is 3.41. The average molecular weight is 305 g/mol. The summed E-state index contributed by atoms with van der Waals surface area (Å²) >= 11 is 1.70. The van der Waals surface area contributed by atoms with Crippen molar-refractivity contribution in [2.75, 3.05) is 0 Å². The molecule has 0 amide bonds. The second kappa shape index (κ2) is 4.60. The quantitative estimate of drug-likeness (QED) is 0.783. The Labute approximate surface area is 96.4 Å². The molecule has 1 aromatic rings. The zero-order chi connectivity index (χ0) is 10.7. The highest BCUT2D eigenvalue weighted by molar-refractivity contribution is 14.1. The van der Waals surface area contributed by atoms with Crippen LogP contribution in [0, 0.1) is 17.1 Å². The minimum Gasteiger partial charge on any atom is -0.426 e. The first-order valence-corrected chi connectivity index (χ1v) is 5.00. The second-order valence-electron chi connectivity index (χ2n) is 3.22. The maximum Gasteiger partial charge on any atom is 0.192 e. The molecule has 0 radical (unpaired) electrons. The third kappa shape index (κ3) is 2.15. The van der Waals surface area contributed by atoms with Gasteiger partial charge in [-0.1, -0.05) is 13.8 Å². The van der Waals surface area contributed by atoms with Crippen molar-refractivity contribution in [3.8, 4) is 11.8 Å². The molecule has 0 aliphatic rings. The minimum atomic E-state index is -0.401. The molecule has 0 bridgehead atoms. The van der Waals surface area contributed by atoms with Crippen LogP contribution in [0.5, 0.6) is 5.75 Å². The van der Waals surface area contributed by atoms with Gasteiger partial charge in [-0.05, 0) is 18.1 Å². The van der Waals surface area contributed by atoms with Crippen molar-refractivity contribution in [2.45, 2.75) is 19.8 Å². The Morgan fingerprint density at radius 3 is 2.57 bits per heavy atom. The average Bonchev–Trinajstić information content (AvgIpc) is 2.16. The third-order valence-corrected chi connectivity index (χ3v) is 2.34. The molecule has 0 saturated heterocycles. The summed E-state index contributed by atoms with van der Waals surface area (Å²) in [6, 6.07) is 4.50. The molecule has 2 nitrogen and oxygen atoms in total. The van der Waals surface area contributed by atoms with Gasteiger partial charge in [0.2, 0.25) is 0 Å². The van der Waals surface area contributed by atoms with E-state index in [1.165, 1.54) is 12.1 Å². The smallest absolute Gasteiger partial charge is 0.192 e. The summed E-state index contributed by atoms with van der Waals surface area (Å²) < 4.78 is 18.1. The molecule has 0 heterocycles. The van der Waals surface area contributed by atoms with E-state index < -0.39 is 5.82 Å². The molecule has 0 atom stereocenters.